The van der Waals surface area contributed by atoms with Crippen LogP contribution in [0.3, 0.4) is 0 Å². The van der Waals surface area contributed by atoms with Crippen molar-refractivity contribution in [3.8, 4) is 11.8 Å². The minimum Gasteiger partial charge on any atom is -0.394 e. The van der Waals surface area contributed by atoms with E-state index < -0.39 is 6.10 Å². The summed E-state index contributed by atoms with van der Waals surface area (Å²) in [7, 11) is 1.49. The van der Waals surface area contributed by atoms with Gasteiger partial charge in [-0.2, -0.15) is 0 Å². The Hall–Kier alpha value is -3.50. The van der Waals surface area contributed by atoms with Gasteiger partial charge in [0.15, 0.2) is 0 Å². The highest BCUT2D eigenvalue weighted by Crippen LogP contribution is 2.31. The molecule has 0 bridgehead atoms. The fraction of sp³-hybridized carbons (Fsp3) is 0.200. The van der Waals surface area contributed by atoms with Gasteiger partial charge in [-0.1, -0.05) is 36.1 Å². The summed E-state index contributed by atoms with van der Waals surface area (Å²) in [4.78, 5) is 26.1. The number of hydrogen-bond acceptors (Lipinski definition) is 5. The van der Waals surface area contributed by atoms with Crippen LogP contribution in [0.5, 0.6) is 0 Å². The highest BCUT2D eigenvalue weighted by atomic mass is 16.5. The third kappa shape index (κ3) is 4.07. The van der Waals surface area contributed by atoms with Gasteiger partial charge in [0, 0.05) is 34.7 Å². The zero-order chi connectivity index (χ0) is 22.0. The monoisotopic (exact) mass is 415 g/mol. The zero-order valence-corrected chi connectivity index (χ0v) is 17.0. The molecule has 0 radical (unpaired) electrons. The molecule has 1 aliphatic rings. The van der Waals surface area contributed by atoms with Gasteiger partial charge in [0.1, 0.15) is 6.10 Å². The topological polar surface area (TPSA) is 87.1 Å². The second-order valence-electron chi connectivity index (χ2n) is 7.36. The third-order valence-corrected chi connectivity index (χ3v) is 5.20. The molecule has 3 aromatic carbocycles. The number of benzene rings is 3. The Balaban J connectivity index is 1.59. The van der Waals surface area contributed by atoms with Crippen molar-refractivity contribution in [3.63, 3.8) is 0 Å². The number of amides is 2. The molecule has 1 heterocycles. The number of hydrogen-bond donors (Lipinski definition) is 2. The molecule has 0 saturated heterocycles. The molecule has 0 aliphatic carbocycles. The average Bonchev–Trinajstić information content (AvgIpc) is 2.80. The van der Waals surface area contributed by atoms with Gasteiger partial charge in [0.05, 0.1) is 19.8 Å². The van der Waals surface area contributed by atoms with E-state index >= 15 is 0 Å². The van der Waals surface area contributed by atoms with Gasteiger partial charge in [-0.15, -0.1) is 0 Å². The van der Waals surface area contributed by atoms with E-state index in [0.29, 0.717) is 23.1 Å². The summed E-state index contributed by atoms with van der Waals surface area (Å²) in [6.45, 7) is 0.0742. The lowest BCUT2D eigenvalue weighted by molar-refractivity contribution is 0.0000244. The van der Waals surface area contributed by atoms with Gasteiger partial charge in [-0.05, 0) is 41.3 Å². The van der Waals surface area contributed by atoms with E-state index in [9.17, 15) is 14.7 Å². The van der Waals surface area contributed by atoms with Crippen LogP contribution in [0.1, 0.15) is 37.4 Å². The lowest BCUT2D eigenvalue weighted by Gasteiger charge is -2.23. The van der Waals surface area contributed by atoms with Gasteiger partial charge >= 0.3 is 0 Å². The molecule has 1 aliphatic heterocycles. The van der Waals surface area contributed by atoms with Crippen molar-refractivity contribution in [2.24, 2.45) is 0 Å². The van der Waals surface area contributed by atoms with Crippen molar-refractivity contribution < 1.29 is 24.5 Å². The SMILES string of the molecule is CN1C(=O)c2cccc3c(C#Cc4ccc(COC[C@H](O)CO)cc4)ccc(c23)C1=O. The first-order valence-corrected chi connectivity index (χ1v) is 9.85. The average molecular weight is 415 g/mol. The molecule has 1 atom stereocenters. The van der Waals surface area contributed by atoms with Crippen LogP contribution in [-0.4, -0.2) is 53.3 Å². The van der Waals surface area contributed by atoms with Crippen LogP contribution in [0.2, 0.25) is 0 Å². The quantitative estimate of drug-likeness (QED) is 0.493. The van der Waals surface area contributed by atoms with Crippen LogP contribution >= 0.6 is 0 Å². The summed E-state index contributed by atoms with van der Waals surface area (Å²) < 4.78 is 5.35. The Morgan fingerprint density at radius 2 is 1.68 bits per heavy atom. The summed E-state index contributed by atoms with van der Waals surface area (Å²) >= 11 is 0. The maximum atomic E-state index is 12.5. The molecule has 3 aromatic rings. The number of imide groups is 1. The molecule has 156 valence electrons. The molecular weight excluding hydrogens is 394 g/mol. The smallest absolute Gasteiger partial charge is 0.261 e. The predicted octanol–water partition coefficient (Wildman–Crippen LogP) is 2.34. The molecule has 0 unspecified atom stereocenters. The molecular formula is C25H21NO5. The fourth-order valence-electron chi connectivity index (χ4n) is 3.52. The van der Waals surface area contributed by atoms with E-state index in [1.54, 1.807) is 18.2 Å². The van der Waals surface area contributed by atoms with E-state index in [-0.39, 0.29) is 25.0 Å². The number of carbonyl (C=O) groups is 2. The summed E-state index contributed by atoms with van der Waals surface area (Å²) in [6.07, 6.45) is -0.877. The number of rotatable bonds is 5. The van der Waals surface area contributed by atoms with Crippen LogP contribution in [0, 0.1) is 11.8 Å². The van der Waals surface area contributed by atoms with Gasteiger partial charge < -0.3 is 14.9 Å². The predicted molar refractivity (Wildman–Crippen MR) is 116 cm³/mol. The molecule has 4 rings (SSSR count). The van der Waals surface area contributed by atoms with Crippen molar-refractivity contribution in [1.29, 1.82) is 0 Å². The van der Waals surface area contributed by atoms with Crippen molar-refractivity contribution >= 4 is 22.6 Å². The lowest BCUT2D eigenvalue weighted by atomic mass is 9.91. The van der Waals surface area contributed by atoms with E-state index in [2.05, 4.69) is 11.8 Å². The van der Waals surface area contributed by atoms with Crippen molar-refractivity contribution in [1.82, 2.24) is 4.90 Å². The maximum Gasteiger partial charge on any atom is 0.261 e. The molecule has 0 saturated carbocycles. The van der Waals surface area contributed by atoms with Crippen LogP contribution < -0.4 is 0 Å². The van der Waals surface area contributed by atoms with E-state index in [1.807, 2.05) is 36.4 Å². The van der Waals surface area contributed by atoms with E-state index in [1.165, 1.54) is 7.05 Å². The largest absolute Gasteiger partial charge is 0.394 e. The Kier molecular flexibility index (Phi) is 5.83. The molecule has 0 spiro atoms. The molecule has 6 heteroatoms. The summed E-state index contributed by atoms with van der Waals surface area (Å²) in [5, 5.41) is 19.5. The maximum absolute atomic E-state index is 12.5. The molecule has 2 amide bonds. The van der Waals surface area contributed by atoms with Crippen LogP contribution in [0.15, 0.2) is 54.6 Å². The van der Waals surface area contributed by atoms with Crippen molar-refractivity contribution in [2.45, 2.75) is 12.7 Å². The second kappa shape index (κ2) is 8.70. The Morgan fingerprint density at radius 1 is 0.968 bits per heavy atom. The molecule has 0 fully saturated rings. The number of nitrogens with zero attached hydrogens (tertiary/aromatic N) is 1. The number of aliphatic hydroxyl groups is 2. The summed E-state index contributed by atoms with van der Waals surface area (Å²) in [5.74, 6) is 5.66. The highest BCUT2D eigenvalue weighted by molar-refractivity contribution is 6.25. The standard InChI is InChI=1S/C25H21NO5/c1-26-24(29)21-4-2-3-20-18(11-12-22(23(20)21)25(26)30)10-9-16-5-7-17(8-6-16)14-31-15-19(28)13-27/h2-8,11-12,19,27-28H,13-15H2,1H3/t19-/m1/s1. The molecule has 2 N–H and O–H groups in total. The normalized spacial score (nSPS) is 13.8. The van der Waals surface area contributed by atoms with Crippen molar-refractivity contribution in [3.05, 3.63) is 82.4 Å². The van der Waals surface area contributed by atoms with E-state index in [0.717, 1.165) is 27.0 Å². The number of carbonyl (C=O) groups excluding carboxylic acids is 2. The Labute approximate surface area is 179 Å². The van der Waals surface area contributed by atoms with E-state index in [4.69, 9.17) is 9.84 Å². The van der Waals surface area contributed by atoms with Crippen LogP contribution in [0.4, 0.5) is 0 Å². The highest BCUT2D eigenvalue weighted by Gasteiger charge is 2.30. The first kappa shape index (κ1) is 20.8. The van der Waals surface area contributed by atoms with Crippen molar-refractivity contribution in [2.75, 3.05) is 20.3 Å². The second-order valence-corrected chi connectivity index (χ2v) is 7.36. The third-order valence-electron chi connectivity index (χ3n) is 5.20. The zero-order valence-electron chi connectivity index (χ0n) is 17.0. The Bertz CT molecular complexity index is 1200. The minimum atomic E-state index is -0.877. The first-order valence-electron chi connectivity index (χ1n) is 9.85. The van der Waals surface area contributed by atoms with Crippen LogP contribution in [0.25, 0.3) is 10.8 Å². The molecule has 31 heavy (non-hydrogen) atoms. The lowest BCUT2D eigenvalue weighted by Crippen LogP contribution is -2.36. The summed E-state index contributed by atoms with van der Waals surface area (Å²) in [6, 6.07) is 16.5. The number of aliphatic hydroxyl groups excluding tert-OH is 2. The van der Waals surface area contributed by atoms with Crippen LogP contribution in [-0.2, 0) is 11.3 Å². The van der Waals surface area contributed by atoms with Gasteiger partial charge in [0.25, 0.3) is 11.8 Å². The molecule has 0 aromatic heterocycles. The van der Waals surface area contributed by atoms with Gasteiger partial charge in [-0.25, -0.2) is 0 Å². The Morgan fingerprint density at radius 3 is 2.39 bits per heavy atom. The van der Waals surface area contributed by atoms with Gasteiger partial charge in [0.2, 0.25) is 0 Å². The van der Waals surface area contributed by atoms with Gasteiger partial charge in [-0.3, -0.25) is 14.5 Å². The summed E-state index contributed by atoms with van der Waals surface area (Å²) in [5.41, 5.74) is 3.50. The first-order chi connectivity index (χ1) is 15.0. The number of ether oxygens (including phenoxy) is 1. The molecule has 6 nitrogen and oxygen atoms in total. The minimum absolute atomic E-state index is 0.0733. The fourth-order valence-corrected chi connectivity index (χ4v) is 3.52.